The molecule has 94 valence electrons. The summed E-state index contributed by atoms with van der Waals surface area (Å²) >= 11 is 0. The van der Waals surface area contributed by atoms with Gasteiger partial charge in [-0.2, -0.15) is 0 Å². The molecule has 2 rings (SSSR count). The Labute approximate surface area is 105 Å². The number of rotatable bonds is 2. The second-order valence-corrected chi connectivity index (χ2v) is 6.03. The van der Waals surface area contributed by atoms with Gasteiger partial charge in [-0.05, 0) is 36.2 Å². The zero-order valence-corrected chi connectivity index (χ0v) is 11.2. The van der Waals surface area contributed by atoms with Gasteiger partial charge >= 0.3 is 0 Å². The first-order chi connectivity index (χ1) is 8.04. The summed E-state index contributed by atoms with van der Waals surface area (Å²) in [6, 6.07) is 10.2. The van der Waals surface area contributed by atoms with E-state index in [9.17, 15) is 5.11 Å². The van der Waals surface area contributed by atoms with E-state index in [0.717, 1.165) is 18.4 Å². The van der Waals surface area contributed by atoms with E-state index < -0.39 is 5.60 Å². The van der Waals surface area contributed by atoms with Gasteiger partial charge in [0, 0.05) is 0 Å². The number of aliphatic hydroxyl groups is 1. The molecule has 0 spiro atoms. The van der Waals surface area contributed by atoms with Crippen molar-refractivity contribution < 1.29 is 5.11 Å². The van der Waals surface area contributed by atoms with Crippen LogP contribution in [0, 0.1) is 17.8 Å². The van der Waals surface area contributed by atoms with E-state index in [0.29, 0.717) is 17.8 Å². The minimum atomic E-state index is -0.618. The third kappa shape index (κ3) is 2.40. The molecule has 0 amide bonds. The van der Waals surface area contributed by atoms with E-state index in [1.807, 2.05) is 18.2 Å². The van der Waals surface area contributed by atoms with Crippen LogP contribution in [-0.2, 0) is 5.60 Å². The van der Waals surface area contributed by atoms with Crippen molar-refractivity contribution in [2.24, 2.45) is 17.8 Å². The minimum Gasteiger partial charge on any atom is -0.385 e. The number of hydrogen-bond donors (Lipinski definition) is 1. The van der Waals surface area contributed by atoms with Gasteiger partial charge in [0.25, 0.3) is 0 Å². The Hall–Kier alpha value is -0.820. The Kier molecular flexibility index (Phi) is 3.58. The predicted octanol–water partition coefficient (Wildman–Crippen LogP) is 3.97. The molecule has 0 heterocycles. The van der Waals surface area contributed by atoms with Crippen molar-refractivity contribution in [1.82, 2.24) is 0 Å². The van der Waals surface area contributed by atoms with Gasteiger partial charge in [-0.1, -0.05) is 57.5 Å². The fourth-order valence-electron chi connectivity index (χ4n) is 3.43. The summed E-state index contributed by atoms with van der Waals surface area (Å²) in [5.41, 5.74) is 0.484. The van der Waals surface area contributed by atoms with Crippen LogP contribution >= 0.6 is 0 Å². The SMILES string of the molecule is CC(C)[C@@H]1CC[C@@H](C)C[C@@]1(O)c1ccccc1. The van der Waals surface area contributed by atoms with E-state index in [4.69, 9.17) is 0 Å². The zero-order valence-electron chi connectivity index (χ0n) is 11.2. The average molecular weight is 232 g/mol. The van der Waals surface area contributed by atoms with Crippen molar-refractivity contribution >= 4 is 0 Å². The van der Waals surface area contributed by atoms with Crippen LogP contribution in [0.1, 0.15) is 45.6 Å². The summed E-state index contributed by atoms with van der Waals surface area (Å²) < 4.78 is 0. The van der Waals surface area contributed by atoms with Gasteiger partial charge in [-0.15, -0.1) is 0 Å². The average Bonchev–Trinajstić information content (AvgIpc) is 2.29. The predicted molar refractivity (Wildman–Crippen MR) is 71.7 cm³/mol. The van der Waals surface area contributed by atoms with E-state index >= 15 is 0 Å². The molecule has 1 saturated carbocycles. The van der Waals surface area contributed by atoms with Gasteiger partial charge in [0.1, 0.15) is 0 Å². The van der Waals surface area contributed by atoms with E-state index in [-0.39, 0.29) is 0 Å². The van der Waals surface area contributed by atoms with Gasteiger partial charge in [0.2, 0.25) is 0 Å². The summed E-state index contributed by atoms with van der Waals surface area (Å²) in [5, 5.41) is 11.1. The molecule has 0 radical (unpaired) electrons. The maximum Gasteiger partial charge on any atom is 0.0929 e. The topological polar surface area (TPSA) is 20.2 Å². The zero-order chi connectivity index (χ0) is 12.5. The lowest BCUT2D eigenvalue weighted by molar-refractivity contribution is -0.0865. The molecule has 17 heavy (non-hydrogen) atoms. The largest absolute Gasteiger partial charge is 0.385 e. The van der Waals surface area contributed by atoms with Crippen molar-refractivity contribution in [3.05, 3.63) is 35.9 Å². The van der Waals surface area contributed by atoms with Gasteiger partial charge in [-0.3, -0.25) is 0 Å². The summed E-state index contributed by atoms with van der Waals surface area (Å²) in [4.78, 5) is 0. The van der Waals surface area contributed by atoms with Crippen LogP contribution in [0.15, 0.2) is 30.3 Å². The first-order valence-electron chi connectivity index (χ1n) is 6.82. The third-order valence-corrected chi connectivity index (χ3v) is 4.32. The van der Waals surface area contributed by atoms with E-state index in [2.05, 4.69) is 32.9 Å². The molecule has 0 bridgehead atoms. The molecule has 0 aromatic heterocycles. The van der Waals surface area contributed by atoms with Gasteiger partial charge in [-0.25, -0.2) is 0 Å². The normalized spacial score (nSPS) is 33.9. The molecule has 1 fully saturated rings. The molecule has 1 aromatic carbocycles. The molecule has 1 N–H and O–H groups in total. The van der Waals surface area contributed by atoms with Crippen LogP contribution in [0.4, 0.5) is 0 Å². The van der Waals surface area contributed by atoms with Gasteiger partial charge in [0.15, 0.2) is 0 Å². The van der Waals surface area contributed by atoms with Gasteiger partial charge in [0.05, 0.1) is 5.60 Å². The molecule has 0 aliphatic heterocycles. The molecule has 0 saturated heterocycles. The van der Waals surface area contributed by atoms with Crippen molar-refractivity contribution in [3.63, 3.8) is 0 Å². The van der Waals surface area contributed by atoms with Crippen molar-refractivity contribution in [2.45, 2.75) is 45.6 Å². The first-order valence-corrected chi connectivity index (χ1v) is 6.82. The monoisotopic (exact) mass is 232 g/mol. The van der Waals surface area contributed by atoms with Gasteiger partial charge < -0.3 is 5.11 Å². The fraction of sp³-hybridized carbons (Fsp3) is 0.625. The maximum atomic E-state index is 11.1. The van der Waals surface area contributed by atoms with Crippen LogP contribution in [0.25, 0.3) is 0 Å². The molecule has 1 heteroatoms. The summed E-state index contributed by atoms with van der Waals surface area (Å²) in [5.74, 6) is 1.55. The van der Waals surface area contributed by atoms with Crippen LogP contribution in [-0.4, -0.2) is 5.11 Å². The maximum absolute atomic E-state index is 11.1. The Morgan fingerprint density at radius 2 is 1.82 bits per heavy atom. The number of benzene rings is 1. The molecular weight excluding hydrogens is 208 g/mol. The Bertz CT molecular complexity index is 357. The Morgan fingerprint density at radius 3 is 2.41 bits per heavy atom. The summed E-state index contributed by atoms with van der Waals surface area (Å²) in [6.07, 6.45) is 3.29. The lowest BCUT2D eigenvalue weighted by Gasteiger charge is -2.45. The smallest absolute Gasteiger partial charge is 0.0929 e. The minimum absolute atomic E-state index is 0.390. The van der Waals surface area contributed by atoms with Crippen molar-refractivity contribution in [1.29, 1.82) is 0 Å². The molecule has 3 atom stereocenters. The van der Waals surface area contributed by atoms with Crippen molar-refractivity contribution in [2.75, 3.05) is 0 Å². The molecule has 1 aromatic rings. The highest BCUT2D eigenvalue weighted by atomic mass is 16.3. The second kappa shape index (κ2) is 4.81. The highest BCUT2D eigenvalue weighted by Crippen LogP contribution is 2.46. The first kappa shape index (κ1) is 12.6. The van der Waals surface area contributed by atoms with E-state index in [1.54, 1.807) is 0 Å². The molecule has 0 unspecified atom stereocenters. The number of hydrogen-bond acceptors (Lipinski definition) is 1. The van der Waals surface area contributed by atoms with Crippen LogP contribution in [0.3, 0.4) is 0 Å². The Morgan fingerprint density at radius 1 is 1.18 bits per heavy atom. The lowest BCUT2D eigenvalue weighted by Crippen LogP contribution is -2.42. The summed E-state index contributed by atoms with van der Waals surface area (Å²) in [7, 11) is 0. The molecular formula is C16H24O. The quantitative estimate of drug-likeness (QED) is 0.818. The van der Waals surface area contributed by atoms with Crippen LogP contribution in [0.5, 0.6) is 0 Å². The van der Waals surface area contributed by atoms with Crippen molar-refractivity contribution in [3.8, 4) is 0 Å². The molecule has 1 aliphatic carbocycles. The Balaban J connectivity index is 2.36. The highest BCUT2D eigenvalue weighted by molar-refractivity contribution is 5.24. The molecule has 1 aliphatic rings. The fourth-order valence-corrected chi connectivity index (χ4v) is 3.43. The standard InChI is InChI=1S/C16H24O/c1-12(2)15-10-9-13(3)11-16(15,17)14-7-5-4-6-8-14/h4-8,12-13,15,17H,9-11H2,1-3H3/t13-,15+,16-/m1/s1. The summed E-state index contributed by atoms with van der Waals surface area (Å²) in [6.45, 7) is 6.72. The third-order valence-electron chi connectivity index (χ3n) is 4.32. The van der Waals surface area contributed by atoms with Crippen LogP contribution < -0.4 is 0 Å². The second-order valence-electron chi connectivity index (χ2n) is 6.03. The van der Waals surface area contributed by atoms with E-state index in [1.165, 1.54) is 6.42 Å². The van der Waals surface area contributed by atoms with Crippen LogP contribution in [0.2, 0.25) is 0 Å². The highest BCUT2D eigenvalue weighted by Gasteiger charge is 2.43. The molecule has 1 nitrogen and oxygen atoms in total. The lowest BCUT2D eigenvalue weighted by atomic mass is 9.64.